The van der Waals surface area contributed by atoms with Crippen LogP contribution in [0.1, 0.15) is 36.5 Å². The van der Waals surface area contributed by atoms with Gasteiger partial charge in [-0.1, -0.05) is 13.3 Å². The van der Waals surface area contributed by atoms with Crippen molar-refractivity contribution in [3.05, 3.63) is 33.9 Å². The summed E-state index contributed by atoms with van der Waals surface area (Å²) in [5.74, 6) is -0.272. The number of carbonyl (C=O) groups excluding carboxylic acids is 1. The van der Waals surface area contributed by atoms with Crippen molar-refractivity contribution in [1.82, 2.24) is 5.32 Å². The molecule has 108 valence electrons. The molecule has 1 saturated carbocycles. The fourth-order valence-electron chi connectivity index (χ4n) is 2.40. The Kier molecular flexibility index (Phi) is 3.92. The number of carbonyl (C=O) groups is 1. The van der Waals surface area contributed by atoms with Crippen molar-refractivity contribution < 1.29 is 9.72 Å². The van der Waals surface area contributed by atoms with E-state index >= 15 is 0 Å². The molecule has 2 N–H and O–H groups in total. The van der Waals surface area contributed by atoms with Crippen LogP contribution in [0.2, 0.25) is 0 Å². The summed E-state index contributed by atoms with van der Waals surface area (Å²) in [6.45, 7) is 2.75. The molecule has 0 aliphatic heterocycles. The number of nitrogens with zero attached hydrogens (tertiary/aromatic N) is 1. The van der Waals surface area contributed by atoms with Crippen LogP contribution in [0.25, 0.3) is 0 Å². The third-order valence-electron chi connectivity index (χ3n) is 3.96. The van der Waals surface area contributed by atoms with Crippen LogP contribution in [0.5, 0.6) is 0 Å². The van der Waals surface area contributed by atoms with Gasteiger partial charge >= 0.3 is 0 Å². The molecule has 0 saturated heterocycles. The Morgan fingerprint density at radius 2 is 2.15 bits per heavy atom. The largest absolute Gasteiger partial charge is 0.387 e. The first-order valence-corrected chi connectivity index (χ1v) is 6.70. The zero-order valence-corrected chi connectivity index (χ0v) is 11.7. The van der Waals surface area contributed by atoms with Gasteiger partial charge in [-0.15, -0.1) is 0 Å². The number of hydrogen-bond acceptors (Lipinski definition) is 4. The number of anilines is 1. The van der Waals surface area contributed by atoms with Crippen LogP contribution >= 0.6 is 0 Å². The summed E-state index contributed by atoms with van der Waals surface area (Å²) in [5, 5.41) is 16.6. The molecule has 1 amide bonds. The SMILES string of the molecule is CNc1ccc([N+](=O)[O-])cc1C(=O)NCC1(C)CCC1. The summed E-state index contributed by atoms with van der Waals surface area (Å²) >= 11 is 0. The summed E-state index contributed by atoms with van der Waals surface area (Å²) in [4.78, 5) is 22.5. The Hall–Kier alpha value is -2.11. The van der Waals surface area contributed by atoms with E-state index in [9.17, 15) is 14.9 Å². The van der Waals surface area contributed by atoms with Gasteiger partial charge in [0.05, 0.1) is 10.5 Å². The maximum absolute atomic E-state index is 12.2. The van der Waals surface area contributed by atoms with E-state index in [0.717, 1.165) is 12.8 Å². The van der Waals surface area contributed by atoms with Gasteiger partial charge in [0.1, 0.15) is 0 Å². The van der Waals surface area contributed by atoms with Crippen LogP contribution in [0.4, 0.5) is 11.4 Å². The number of amides is 1. The van der Waals surface area contributed by atoms with E-state index in [2.05, 4.69) is 17.6 Å². The minimum Gasteiger partial charge on any atom is -0.387 e. The van der Waals surface area contributed by atoms with Gasteiger partial charge in [-0.05, 0) is 24.3 Å². The van der Waals surface area contributed by atoms with Gasteiger partial charge in [0.25, 0.3) is 11.6 Å². The maximum atomic E-state index is 12.2. The summed E-state index contributed by atoms with van der Waals surface area (Å²) in [6, 6.07) is 4.25. The van der Waals surface area contributed by atoms with E-state index < -0.39 is 4.92 Å². The average molecular weight is 277 g/mol. The number of hydrogen-bond donors (Lipinski definition) is 2. The summed E-state index contributed by atoms with van der Waals surface area (Å²) < 4.78 is 0. The lowest BCUT2D eigenvalue weighted by Crippen LogP contribution is -2.40. The maximum Gasteiger partial charge on any atom is 0.270 e. The van der Waals surface area contributed by atoms with E-state index in [1.807, 2.05) is 0 Å². The molecule has 2 rings (SSSR count). The third-order valence-corrected chi connectivity index (χ3v) is 3.96. The summed E-state index contributed by atoms with van der Waals surface area (Å²) in [7, 11) is 1.69. The van der Waals surface area contributed by atoms with Crippen molar-refractivity contribution >= 4 is 17.3 Å². The predicted molar refractivity (Wildman–Crippen MR) is 76.9 cm³/mol. The lowest BCUT2D eigenvalue weighted by atomic mass is 9.70. The average Bonchev–Trinajstić information content (AvgIpc) is 2.41. The second-order valence-corrected chi connectivity index (χ2v) is 5.58. The number of nitrogens with one attached hydrogen (secondary N) is 2. The number of non-ortho nitro benzene ring substituents is 1. The molecule has 1 aromatic rings. The molecule has 1 aromatic carbocycles. The Morgan fingerprint density at radius 3 is 2.65 bits per heavy atom. The van der Waals surface area contributed by atoms with E-state index in [1.165, 1.54) is 18.6 Å². The highest BCUT2D eigenvalue weighted by Crippen LogP contribution is 2.39. The third kappa shape index (κ3) is 2.89. The molecular formula is C14H19N3O3. The minimum atomic E-state index is -0.497. The molecule has 1 aliphatic rings. The van der Waals surface area contributed by atoms with Gasteiger partial charge in [-0.25, -0.2) is 0 Å². The zero-order chi connectivity index (χ0) is 14.8. The first kappa shape index (κ1) is 14.3. The topological polar surface area (TPSA) is 84.3 Å². The normalized spacial score (nSPS) is 16.1. The Balaban J connectivity index is 2.14. The van der Waals surface area contributed by atoms with Crippen LogP contribution in [0.3, 0.4) is 0 Å². The first-order valence-electron chi connectivity index (χ1n) is 6.70. The fraction of sp³-hybridized carbons (Fsp3) is 0.500. The van der Waals surface area contributed by atoms with Crippen LogP contribution in [-0.4, -0.2) is 24.4 Å². The van der Waals surface area contributed by atoms with Crippen LogP contribution in [0, 0.1) is 15.5 Å². The number of benzene rings is 1. The standard InChI is InChI=1S/C14H19N3O3/c1-14(6-3-7-14)9-16-13(18)11-8-10(17(19)20)4-5-12(11)15-2/h4-5,8,15H,3,6-7,9H2,1-2H3,(H,16,18). The van der Waals surface area contributed by atoms with Crippen molar-refractivity contribution in [2.75, 3.05) is 18.9 Å². The molecule has 0 heterocycles. The molecule has 0 aromatic heterocycles. The number of rotatable bonds is 5. The van der Waals surface area contributed by atoms with E-state index in [0.29, 0.717) is 17.8 Å². The molecule has 1 fully saturated rings. The van der Waals surface area contributed by atoms with Crippen molar-refractivity contribution in [2.45, 2.75) is 26.2 Å². The van der Waals surface area contributed by atoms with Gasteiger partial charge in [0.2, 0.25) is 0 Å². The van der Waals surface area contributed by atoms with Gasteiger partial charge in [-0.2, -0.15) is 0 Å². The highest BCUT2D eigenvalue weighted by Gasteiger charge is 2.32. The second kappa shape index (κ2) is 5.48. The minimum absolute atomic E-state index is 0.0796. The quantitative estimate of drug-likeness (QED) is 0.640. The molecule has 0 spiro atoms. The predicted octanol–water partition coefficient (Wildman–Crippen LogP) is 2.56. The Labute approximate surface area is 117 Å². The monoisotopic (exact) mass is 277 g/mol. The van der Waals surface area contributed by atoms with Crippen molar-refractivity contribution in [2.24, 2.45) is 5.41 Å². The molecule has 20 heavy (non-hydrogen) atoms. The Bertz CT molecular complexity index is 538. The molecule has 0 unspecified atom stereocenters. The molecule has 1 aliphatic carbocycles. The lowest BCUT2D eigenvalue weighted by molar-refractivity contribution is -0.384. The van der Waals surface area contributed by atoms with E-state index in [-0.39, 0.29) is 17.0 Å². The number of nitro benzene ring substituents is 1. The highest BCUT2D eigenvalue weighted by atomic mass is 16.6. The van der Waals surface area contributed by atoms with Crippen molar-refractivity contribution in [3.8, 4) is 0 Å². The van der Waals surface area contributed by atoms with Gasteiger partial charge in [0, 0.05) is 31.4 Å². The summed E-state index contributed by atoms with van der Waals surface area (Å²) in [5.41, 5.74) is 0.997. The lowest BCUT2D eigenvalue weighted by Gasteiger charge is -2.38. The van der Waals surface area contributed by atoms with Gasteiger partial charge in [0.15, 0.2) is 0 Å². The van der Waals surface area contributed by atoms with E-state index in [1.54, 1.807) is 13.1 Å². The van der Waals surface area contributed by atoms with Crippen LogP contribution < -0.4 is 10.6 Å². The molecule has 6 nitrogen and oxygen atoms in total. The Morgan fingerprint density at radius 1 is 1.45 bits per heavy atom. The fourth-order valence-corrected chi connectivity index (χ4v) is 2.40. The van der Waals surface area contributed by atoms with Crippen LogP contribution in [0.15, 0.2) is 18.2 Å². The summed E-state index contributed by atoms with van der Waals surface area (Å²) in [6.07, 6.45) is 3.42. The van der Waals surface area contributed by atoms with Crippen LogP contribution in [-0.2, 0) is 0 Å². The first-order chi connectivity index (χ1) is 9.45. The molecule has 6 heteroatoms. The highest BCUT2D eigenvalue weighted by molar-refractivity contribution is 6.00. The number of nitro groups is 1. The van der Waals surface area contributed by atoms with E-state index in [4.69, 9.17) is 0 Å². The second-order valence-electron chi connectivity index (χ2n) is 5.58. The van der Waals surface area contributed by atoms with Crippen molar-refractivity contribution in [1.29, 1.82) is 0 Å². The van der Waals surface area contributed by atoms with Gasteiger partial charge < -0.3 is 10.6 Å². The molecule has 0 radical (unpaired) electrons. The molecule has 0 bridgehead atoms. The molecule has 0 atom stereocenters. The molecular weight excluding hydrogens is 258 g/mol. The smallest absolute Gasteiger partial charge is 0.270 e. The van der Waals surface area contributed by atoms with Gasteiger partial charge in [-0.3, -0.25) is 14.9 Å². The zero-order valence-electron chi connectivity index (χ0n) is 11.7. The van der Waals surface area contributed by atoms with Crippen molar-refractivity contribution in [3.63, 3.8) is 0 Å².